The SMILES string of the molecule is CCCc1ccc(C(C)NCCO)cc1. The number of aliphatic hydroxyl groups excluding tert-OH is 1. The number of hydrogen-bond acceptors (Lipinski definition) is 2. The van der Waals surface area contributed by atoms with Crippen LogP contribution in [-0.2, 0) is 6.42 Å². The standard InChI is InChI=1S/C13H21NO/c1-3-4-12-5-7-13(8-6-12)11(2)14-9-10-15/h5-8,11,14-15H,3-4,9-10H2,1-2H3. The summed E-state index contributed by atoms with van der Waals surface area (Å²) in [4.78, 5) is 0. The van der Waals surface area contributed by atoms with Crippen LogP contribution in [0.4, 0.5) is 0 Å². The fraction of sp³-hybridized carbons (Fsp3) is 0.538. The first kappa shape index (κ1) is 12.2. The van der Waals surface area contributed by atoms with Gasteiger partial charge in [-0.15, -0.1) is 0 Å². The van der Waals surface area contributed by atoms with Gasteiger partial charge in [-0.3, -0.25) is 0 Å². The van der Waals surface area contributed by atoms with E-state index in [-0.39, 0.29) is 6.61 Å². The molecule has 1 rings (SSSR count). The summed E-state index contributed by atoms with van der Waals surface area (Å²) in [6, 6.07) is 9.03. The fourth-order valence-electron chi connectivity index (χ4n) is 1.66. The Kier molecular flexibility index (Phi) is 5.37. The highest BCUT2D eigenvalue weighted by Crippen LogP contribution is 2.13. The molecule has 0 aromatic heterocycles. The Balaban J connectivity index is 2.54. The van der Waals surface area contributed by atoms with Crippen molar-refractivity contribution in [1.29, 1.82) is 0 Å². The molecule has 2 N–H and O–H groups in total. The molecule has 0 radical (unpaired) electrons. The Morgan fingerprint density at radius 3 is 2.47 bits per heavy atom. The second kappa shape index (κ2) is 6.59. The quantitative estimate of drug-likeness (QED) is 0.750. The Labute approximate surface area is 92.3 Å². The summed E-state index contributed by atoms with van der Waals surface area (Å²) in [7, 11) is 0. The summed E-state index contributed by atoms with van der Waals surface area (Å²) in [5, 5.41) is 12.0. The molecule has 0 saturated heterocycles. The van der Waals surface area contributed by atoms with Crippen molar-refractivity contribution in [2.24, 2.45) is 0 Å². The van der Waals surface area contributed by atoms with Gasteiger partial charge in [-0.05, 0) is 24.5 Å². The second-order valence-electron chi connectivity index (χ2n) is 3.89. The molecular formula is C13H21NO. The summed E-state index contributed by atoms with van der Waals surface area (Å²) in [6.07, 6.45) is 2.34. The van der Waals surface area contributed by atoms with Gasteiger partial charge in [0.15, 0.2) is 0 Å². The van der Waals surface area contributed by atoms with Gasteiger partial charge in [-0.25, -0.2) is 0 Å². The summed E-state index contributed by atoms with van der Waals surface area (Å²) in [5.41, 5.74) is 2.68. The zero-order valence-electron chi connectivity index (χ0n) is 9.66. The average Bonchev–Trinajstić information content (AvgIpc) is 2.27. The zero-order chi connectivity index (χ0) is 11.1. The first-order valence-electron chi connectivity index (χ1n) is 5.71. The maximum atomic E-state index is 8.71. The van der Waals surface area contributed by atoms with Gasteiger partial charge < -0.3 is 10.4 Å². The highest BCUT2D eigenvalue weighted by Gasteiger charge is 2.03. The van der Waals surface area contributed by atoms with E-state index in [4.69, 9.17) is 5.11 Å². The largest absolute Gasteiger partial charge is 0.395 e. The number of rotatable bonds is 6. The van der Waals surface area contributed by atoms with E-state index in [2.05, 4.69) is 43.4 Å². The van der Waals surface area contributed by atoms with Gasteiger partial charge in [0.2, 0.25) is 0 Å². The van der Waals surface area contributed by atoms with Crippen LogP contribution in [0, 0.1) is 0 Å². The molecule has 0 saturated carbocycles. The predicted octanol–water partition coefficient (Wildman–Crippen LogP) is 2.28. The Morgan fingerprint density at radius 1 is 1.27 bits per heavy atom. The minimum absolute atomic E-state index is 0.193. The van der Waals surface area contributed by atoms with Crippen LogP contribution in [0.5, 0.6) is 0 Å². The molecule has 1 aromatic carbocycles. The summed E-state index contributed by atoms with van der Waals surface area (Å²) in [5.74, 6) is 0. The maximum absolute atomic E-state index is 8.71. The van der Waals surface area contributed by atoms with Crippen molar-refractivity contribution in [1.82, 2.24) is 5.32 Å². The molecule has 0 aliphatic rings. The second-order valence-corrected chi connectivity index (χ2v) is 3.89. The van der Waals surface area contributed by atoms with Crippen molar-refractivity contribution in [3.05, 3.63) is 35.4 Å². The van der Waals surface area contributed by atoms with E-state index in [1.807, 2.05) is 0 Å². The van der Waals surface area contributed by atoms with Gasteiger partial charge in [-0.2, -0.15) is 0 Å². The van der Waals surface area contributed by atoms with Gasteiger partial charge in [0, 0.05) is 12.6 Å². The van der Waals surface area contributed by atoms with E-state index >= 15 is 0 Å². The molecule has 0 heterocycles. The number of nitrogens with one attached hydrogen (secondary N) is 1. The molecule has 84 valence electrons. The molecule has 1 atom stereocenters. The lowest BCUT2D eigenvalue weighted by molar-refractivity contribution is 0.286. The average molecular weight is 207 g/mol. The molecule has 15 heavy (non-hydrogen) atoms. The molecular weight excluding hydrogens is 186 g/mol. The topological polar surface area (TPSA) is 32.3 Å². The van der Waals surface area contributed by atoms with E-state index < -0.39 is 0 Å². The fourth-order valence-corrected chi connectivity index (χ4v) is 1.66. The zero-order valence-corrected chi connectivity index (χ0v) is 9.66. The van der Waals surface area contributed by atoms with Crippen LogP contribution in [0.15, 0.2) is 24.3 Å². The molecule has 1 unspecified atom stereocenters. The van der Waals surface area contributed by atoms with E-state index in [1.54, 1.807) is 0 Å². The van der Waals surface area contributed by atoms with Crippen LogP contribution in [0.2, 0.25) is 0 Å². The molecule has 0 amide bonds. The molecule has 2 nitrogen and oxygen atoms in total. The van der Waals surface area contributed by atoms with Crippen molar-refractivity contribution in [2.75, 3.05) is 13.2 Å². The van der Waals surface area contributed by atoms with Crippen LogP contribution in [0.3, 0.4) is 0 Å². The predicted molar refractivity (Wildman–Crippen MR) is 63.9 cm³/mol. The lowest BCUT2D eigenvalue weighted by atomic mass is 10.0. The van der Waals surface area contributed by atoms with Crippen molar-refractivity contribution in [2.45, 2.75) is 32.7 Å². The number of aryl methyl sites for hydroxylation is 1. The molecule has 0 aliphatic carbocycles. The highest BCUT2D eigenvalue weighted by molar-refractivity contribution is 5.24. The highest BCUT2D eigenvalue weighted by atomic mass is 16.3. The first-order valence-corrected chi connectivity index (χ1v) is 5.71. The van der Waals surface area contributed by atoms with Gasteiger partial charge in [0.05, 0.1) is 6.61 Å². The van der Waals surface area contributed by atoms with Crippen LogP contribution < -0.4 is 5.32 Å². The third-order valence-electron chi connectivity index (χ3n) is 2.58. The summed E-state index contributed by atoms with van der Waals surface area (Å²) in [6.45, 7) is 5.15. The minimum atomic E-state index is 0.193. The van der Waals surface area contributed by atoms with Crippen LogP contribution >= 0.6 is 0 Å². The first-order chi connectivity index (χ1) is 7.27. The van der Waals surface area contributed by atoms with Crippen molar-refractivity contribution in [3.63, 3.8) is 0 Å². The summed E-state index contributed by atoms with van der Waals surface area (Å²) < 4.78 is 0. The molecule has 0 bridgehead atoms. The van der Waals surface area contributed by atoms with Crippen LogP contribution in [0.1, 0.15) is 37.4 Å². The van der Waals surface area contributed by atoms with Crippen molar-refractivity contribution in [3.8, 4) is 0 Å². The van der Waals surface area contributed by atoms with Gasteiger partial charge >= 0.3 is 0 Å². The normalized spacial score (nSPS) is 12.7. The van der Waals surface area contributed by atoms with Gasteiger partial charge in [0.25, 0.3) is 0 Å². The monoisotopic (exact) mass is 207 g/mol. The molecule has 0 fully saturated rings. The van der Waals surface area contributed by atoms with E-state index in [0.717, 1.165) is 6.42 Å². The summed E-state index contributed by atoms with van der Waals surface area (Å²) >= 11 is 0. The Bertz CT molecular complexity index is 268. The molecule has 0 spiro atoms. The molecule has 1 aromatic rings. The van der Waals surface area contributed by atoms with Crippen molar-refractivity contribution < 1.29 is 5.11 Å². The van der Waals surface area contributed by atoms with Gasteiger partial charge in [0.1, 0.15) is 0 Å². The number of hydrogen-bond donors (Lipinski definition) is 2. The van der Waals surface area contributed by atoms with Crippen LogP contribution in [-0.4, -0.2) is 18.3 Å². The number of aliphatic hydroxyl groups is 1. The Hall–Kier alpha value is -0.860. The lowest BCUT2D eigenvalue weighted by Gasteiger charge is -2.13. The molecule has 2 heteroatoms. The van der Waals surface area contributed by atoms with E-state index in [9.17, 15) is 0 Å². The lowest BCUT2D eigenvalue weighted by Crippen LogP contribution is -2.21. The number of benzene rings is 1. The maximum Gasteiger partial charge on any atom is 0.0556 e. The minimum Gasteiger partial charge on any atom is -0.395 e. The Morgan fingerprint density at radius 2 is 1.93 bits per heavy atom. The van der Waals surface area contributed by atoms with Crippen LogP contribution in [0.25, 0.3) is 0 Å². The molecule has 0 aliphatic heterocycles. The third kappa shape index (κ3) is 4.02. The third-order valence-corrected chi connectivity index (χ3v) is 2.58. The smallest absolute Gasteiger partial charge is 0.0556 e. The van der Waals surface area contributed by atoms with Gasteiger partial charge in [-0.1, -0.05) is 37.6 Å². The van der Waals surface area contributed by atoms with E-state index in [0.29, 0.717) is 12.6 Å². The van der Waals surface area contributed by atoms with E-state index in [1.165, 1.54) is 17.5 Å². The van der Waals surface area contributed by atoms with Crippen molar-refractivity contribution >= 4 is 0 Å².